The minimum Gasteiger partial charge on any atom is -0.465 e. The lowest BCUT2D eigenvalue weighted by molar-refractivity contribution is -0.0444. The van der Waals surface area contributed by atoms with E-state index in [-0.39, 0.29) is 39.9 Å². The van der Waals surface area contributed by atoms with Crippen LogP contribution in [0, 0.1) is 0 Å². The van der Waals surface area contributed by atoms with E-state index < -0.39 is 6.09 Å². The molecule has 1 amide bonds. The highest BCUT2D eigenvalue weighted by Gasteiger charge is 2.10. The van der Waals surface area contributed by atoms with Crippen LogP contribution < -0.4 is 0 Å². The van der Waals surface area contributed by atoms with Gasteiger partial charge in [-0.15, -0.1) is 0 Å². The summed E-state index contributed by atoms with van der Waals surface area (Å²) in [5, 5.41) is 25.4. The molecule has 0 fully saturated rings. The van der Waals surface area contributed by atoms with Gasteiger partial charge in [0.15, 0.2) is 0 Å². The number of hydrogen-bond donors (Lipinski definition) is 3. The largest absolute Gasteiger partial charge is 0.465 e. The Morgan fingerprint density at radius 1 is 1.07 bits per heavy atom. The van der Waals surface area contributed by atoms with E-state index in [0.717, 1.165) is 4.90 Å². The number of aliphatic hydroxyl groups excluding tert-OH is 2. The topological polar surface area (TPSA) is 99.5 Å². The molecule has 7 heteroatoms. The molecule has 0 radical (unpaired) electrons. The molecule has 7 nitrogen and oxygen atoms in total. The van der Waals surface area contributed by atoms with Gasteiger partial charge in [-0.3, -0.25) is 4.90 Å². The van der Waals surface area contributed by atoms with Crippen molar-refractivity contribution in [3.05, 3.63) is 0 Å². The van der Waals surface area contributed by atoms with Crippen molar-refractivity contribution < 1.29 is 29.6 Å². The molecule has 0 unspecified atom stereocenters. The number of carbonyl (C=O) groups is 1. The molecule has 0 aliphatic carbocycles. The molecule has 0 aliphatic heterocycles. The predicted octanol–water partition coefficient (Wildman–Crippen LogP) is -1.10. The van der Waals surface area contributed by atoms with Crippen molar-refractivity contribution in [1.29, 1.82) is 0 Å². The Hall–Kier alpha value is -0.890. The van der Waals surface area contributed by atoms with E-state index in [1.807, 2.05) is 0 Å². The molecule has 0 aromatic heterocycles. The zero-order chi connectivity index (χ0) is 10.8. The number of rotatable bonds is 8. The van der Waals surface area contributed by atoms with Crippen molar-refractivity contribution in [1.82, 2.24) is 4.90 Å². The third-order valence-electron chi connectivity index (χ3n) is 1.24. The number of amides is 1. The fourth-order valence-electron chi connectivity index (χ4n) is 0.626. The maximum Gasteiger partial charge on any atom is 0.410 e. The van der Waals surface area contributed by atoms with Crippen LogP contribution in [0.3, 0.4) is 0 Å². The third-order valence-corrected chi connectivity index (χ3v) is 1.24. The summed E-state index contributed by atoms with van der Waals surface area (Å²) in [5.41, 5.74) is 0. The van der Waals surface area contributed by atoms with Gasteiger partial charge >= 0.3 is 6.09 Å². The van der Waals surface area contributed by atoms with Crippen LogP contribution >= 0.6 is 0 Å². The SMILES string of the molecule is O=C(O)N(COCCO)COCCO. The quantitative estimate of drug-likeness (QED) is 0.346. The smallest absolute Gasteiger partial charge is 0.410 e. The van der Waals surface area contributed by atoms with Gasteiger partial charge in [0.2, 0.25) is 0 Å². The summed E-state index contributed by atoms with van der Waals surface area (Å²) >= 11 is 0. The molecule has 14 heavy (non-hydrogen) atoms. The second-order valence-electron chi connectivity index (χ2n) is 2.34. The molecule has 0 saturated heterocycles. The van der Waals surface area contributed by atoms with Crippen molar-refractivity contribution in [3.63, 3.8) is 0 Å². The molecule has 0 heterocycles. The van der Waals surface area contributed by atoms with Crippen molar-refractivity contribution in [2.24, 2.45) is 0 Å². The fraction of sp³-hybridized carbons (Fsp3) is 0.857. The first kappa shape index (κ1) is 13.1. The molecule has 84 valence electrons. The zero-order valence-corrected chi connectivity index (χ0v) is 7.76. The van der Waals surface area contributed by atoms with E-state index >= 15 is 0 Å². The monoisotopic (exact) mass is 209 g/mol. The van der Waals surface area contributed by atoms with Gasteiger partial charge in [-0.05, 0) is 0 Å². The molecule has 0 bridgehead atoms. The second kappa shape index (κ2) is 8.70. The predicted molar refractivity (Wildman–Crippen MR) is 45.7 cm³/mol. The van der Waals surface area contributed by atoms with Crippen LogP contribution in [0.15, 0.2) is 0 Å². The highest BCUT2D eigenvalue weighted by molar-refractivity contribution is 5.64. The second-order valence-corrected chi connectivity index (χ2v) is 2.34. The highest BCUT2D eigenvalue weighted by Crippen LogP contribution is 1.91. The highest BCUT2D eigenvalue weighted by atomic mass is 16.5. The molecular formula is C7H15NO6. The van der Waals surface area contributed by atoms with Crippen LogP contribution in [-0.4, -0.2) is 66.2 Å². The molecule has 0 rings (SSSR count). The first-order chi connectivity index (χ1) is 6.72. The number of hydrogen-bond acceptors (Lipinski definition) is 5. The minimum atomic E-state index is -1.18. The summed E-state index contributed by atoms with van der Waals surface area (Å²) in [5.74, 6) is 0. The normalized spacial score (nSPS) is 10.1. The van der Waals surface area contributed by atoms with Crippen molar-refractivity contribution in [2.45, 2.75) is 0 Å². The standard InChI is InChI=1S/C7H15NO6/c9-1-3-13-5-8(7(11)12)6-14-4-2-10/h9-10H,1-6H2,(H,11,12). The van der Waals surface area contributed by atoms with E-state index in [4.69, 9.17) is 24.8 Å². The molecule has 0 aromatic rings. The van der Waals surface area contributed by atoms with Crippen LogP contribution in [0.4, 0.5) is 4.79 Å². The van der Waals surface area contributed by atoms with E-state index in [0.29, 0.717) is 0 Å². The van der Waals surface area contributed by atoms with Gasteiger partial charge in [0.05, 0.1) is 26.4 Å². The van der Waals surface area contributed by atoms with E-state index in [1.165, 1.54) is 0 Å². The summed E-state index contributed by atoms with van der Waals surface area (Å²) in [6.45, 7) is -0.508. The number of nitrogens with zero attached hydrogens (tertiary/aromatic N) is 1. The van der Waals surface area contributed by atoms with Gasteiger partial charge in [-0.1, -0.05) is 0 Å². The Labute approximate surface area is 81.5 Å². The molecule has 0 atom stereocenters. The first-order valence-electron chi connectivity index (χ1n) is 4.07. The number of ether oxygens (including phenoxy) is 2. The first-order valence-corrected chi connectivity index (χ1v) is 4.07. The van der Waals surface area contributed by atoms with Crippen molar-refractivity contribution in [2.75, 3.05) is 39.9 Å². The van der Waals surface area contributed by atoms with Crippen LogP contribution in [0.25, 0.3) is 0 Å². The lowest BCUT2D eigenvalue weighted by Crippen LogP contribution is -2.34. The van der Waals surface area contributed by atoms with Crippen LogP contribution in [-0.2, 0) is 9.47 Å². The van der Waals surface area contributed by atoms with Gasteiger partial charge in [-0.2, -0.15) is 0 Å². The Morgan fingerprint density at radius 2 is 1.50 bits per heavy atom. The van der Waals surface area contributed by atoms with Crippen molar-refractivity contribution in [3.8, 4) is 0 Å². The van der Waals surface area contributed by atoms with Gasteiger partial charge in [0.25, 0.3) is 0 Å². The maximum atomic E-state index is 10.5. The maximum absolute atomic E-state index is 10.5. The van der Waals surface area contributed by atoms with E-state index in [9.17, 15) is 4.79 Å². The van der Waals surface area contributed by atoms with Crippen LogP contribution in [0.2, 0.25) is 0 Å². The Kier molecular flexibility index (Phi) is 8.14. The summed E-state index contributed by atoms with van der Waals surface area (Å²) in [4.78, 5) is 11.4. The molecule has 0 aliphatic rings. The summed E-state index contributed by atoms with van der Waals surface area (Å²) in [6.07, 6.45) is -1.18. The Balaban J connectivity index is 3.61. The minimum absolute atomic E-state index is 0.0732. The zero-order valence-electron chi connectivity index (χ0n) is 7.76. The van der Waals surface area contributed by atoms with Crippen LogP contribution in [0.1, 0.15) is 0 Å². The lowest BCUT2D eigenvalue weighted by atomic mass is 10.7. The summed E-state index contributed by atoms with van der Waals surface area (Å²) in [6, 6.07) is 0. The third kappa shape index (κ3) is 6.61. The average Bonchev–Trinajstić information content (AvgIpc) is 2.15. The van der Waals surface area contributed by atoms with Gasteiger partial charge in [0.1, 0.15) is 13.5 Å². The average molecular weight is 209 g/mol. The Morgan fingerprint density at radius 3 is 1.79 bits per heavy atom. The number of carboxylic acid groups (broad SMARTS) is 1. The van der Waals surface area contributed by atoms with E-state index in [2.05, 4.69) is 0 Å². The number of aliphatic hydroxyl groups is 2. The van der Waals surface area contributed by atoms with Crippen LogP contribution in [0.5, 0.6) is 0 Å². The summed E-state index contributed by atoms with van der Waals surface area (Å²) in [7, 11) is 0. The van der Waals surface area contributed by atoms with Gasteiger partial charge in [0, 0.05) is 0 Å². The van der Waals surface area contributed by atoms with Gasteiger partial charge < -0.3 is 24.8 Å². The molecule has 0 saturated carbocycles. The Bertz CT molecular complexity index is 143. The molecule has 0 spiro atoms. The lowest BCUT2D eigenvalue weighted by Gasteiger charge is -2.18. The van der Waals surface area contributed by atoms with Crippen molar-refractivity contribution >= 4 is 6.09 Å². The molecular weight excluding hydrogens is 194 g/mol. The van der Waals surface area contributed by atoms with Gasteiger partial charge in [-0.25, -0.2) is 4.79 Å². The molecule has 3 N–H and O–H groups in total. The summed E-state index contributed by atoms with van der Waals surface area (Å²) < 4.78 is 9.58. The van der Waals surface area contributed by atoms with E-state index in [1.54, 1.807) is 0 Å². The molecule has 0 aromatic carbocycles. The fourth-order valence-corrected chi connectivity index (χ4v) is 0.626.